The summed E-state index contributed by atoms with van der Waals surface area (Å²) in [6.45, 7) is 8.87. The highest BCUT2D eigenvalue weighted by Crippen LogP contribution is 2.42. The van der Waals surface area contributed by atoms with E-state index in [1.54, 1.807) is 0 Å². The third-order valence-electron chi connectivity index (χ3n) is 5.88. The van der Waals surface area contributed by atoms with Crippen molar-refractivity contribution in [2.24, 2.45) is 11.3 Å². The van der Waals surface area contributed by atoms with Gasteiger partial charge in [0.05, 0.1) is 0 Å². The largest absolute Gasteiger partial charge is 0.480 e. The second-order valence-corrected chi connectivity index (χ2v) is 8.23. The molecule has 0 aromatic heterocycles. The molecule has 2 atom stereocenters. The number of hydrogen-bond donors (Lipinski definition) is 1. The van der Waals surface area contributed by atoms with E-state index in [-0.39, 0.29) is 0 Å². The van der Waals surface area contributed by atoms with E-state index in [9.17, 15) is 9.90 Å². The molecule has 1 saturated carbocycles. The highest BCUT2D eigenvalue weighted by Gasteiger charge is 2.46. The lowest BCUT2D eigenvalue weighted by Gasteiger charge is -2.40. The molecule has 1 saturated heterocycles. The van der Waals surface area contributed by atoms with Gasteiger partial charge in [0.15, 0.2) is 0 Å². The molecule has 1 heterocycles. The van der Waals surface area contributed by atoms with Gasteiger partial charge < -0.3 is 5.11 Å². The maximum Gasteiger partial charge on any atom is 0.324 e. The Balaban J connectivity index is 2.16. The molecule has 21 heavy (non-hydrogen) atoms. The predicted octanol–water partition coefficient (Wildman–Crippen LogP) is 4.31. The minimum absolute atomic E-state index is 0.299. The summed E-state index contributed by atoms with van der Waals surface area (Å²) in [5.41, 5.74) is -0.280. The number of carboxylic acids is 1. The fourth-order valence-electron chi connectivity index (χ4n) is 4.35. The van der Waals surface area contributed by atoms with Gasteiger partial charge in [0.2, 0.25) is 0 Å². The van der Waals surface area contributed by atoms with Gasteiger partial charge in [-0.2, -0.15) is 0 Å². The van der Waals surface area contributed by atoms with Crippen LogP contribution in [0.15, 0.2) is 0 Å². The molecule has 0 aromatic rings. The Morgan fingerprint density at radius 3 is 2.14 bits per heavy atom. The van der Waals surface area contributed by atoms with E-state index in [1.807, 2.05) is 0 Å². The van der Waals surface area contributed by atoms with Crippen molar-refractivity contribution in [3.63, 3.8) is 0 Å². The normalized spacial score (nSPS) is 33.2. The Morgan fingerprint density at radius 2 is 1.62 bits per heavy atom. The zero-order chi connectivity index (χ0) is 15.5. The Morgan fingerprint density at radius 1 is 1.00 bits per heavy atom. The number of nitrogens with zero attached hydrogens (tertiary/aromatic N) is 1. The highest BCUT2D eigenvalue weighted by atomic mass is 16.4. The fraction of sp³-hybridized carbons (Fsp3) is 0.944. The van der Waals surface area contributed by atoms with Gasteiger partial charge in [0.1, 0.15) is 5.54 Å². The molecule has 1 aliphatic carbocycles. The second kappa shape index (κ2) is 6.68. The quantitative estimate of drug-likeness (QED) is 0.772. The van der Waals surface area contributed by atoms with Crippen molar-refractivity contribution in [2.45, 2.75) is 84.1 Å². The zero-order valence-electron chi connectivity index (χ0n) is 14.2. The number of rotatable bonds is 2. The van der Waals surface area contributed by atoms with Crippen molar-refractivity contribution < 1.29 is 9.90 Å². The Kier molecular flexibility index (Phi) is 5.34. The first-order valence-electron chi connectivity index (χ1n) is 8.85. The molecule has 1 aliphatic heterocycles. The molecule has 0 amide bonds. The summed E-state index contributed by atoms with van der Waals surface area (Å²) in [5, 5.41) is 10.0. The molecule has 2 fully saturated rings. The van der Waals surface area contributed by atoms with Crippen LogP contribution in [0.25, 0.3) is 0 Å². The minimum Gasteiger partial charge on any atom is -0.480 e. The lowest BCUT2D eigenvalue weighted by molar-refractivity contribution is -0.153. The fourth-order valence-corrected chi connectivity index (χ4v) is 4.35. The van der Waals surface area contributed by atoms with Crippen LogP contribution < -0.4 is 0 Å². The van der Waals surface area contributed by atoms with Crippen LogP contribution in [0.3, 0.4) is 0 Å². The highest BCUT2D eigenvalue weighted by molar-refractivity contribution is 5.78. The second-order valence-electron chi connectivity index (χ2n) is 8.23. The van der Waals surface area contributed by atoms with Crippen LogP contribution in [0, 0.1) is 11.3 Å². The van der Waals surface area contributed by atoms with Crippen molar-refractivity contribution >= 4 is 5.97 Å². The van der Waals surface area contributed by atoms with Crippen LogP contribution in [-0.2, 0) is 4.79 Å². The minimum atomic E-state index is -0.579. The third-order valence-corrected chi connectivity index (χ3v) is 5.88. The summed E-state index contributed by atoms with van der Waals surface area (Å²) in [6, 6.07) is 0. The Labute approximate surface area is 130 Å². The van der Waals surface area contributed by atoms with Gasteiger partial charge in [-0.25, -0.2) is 0 Å². The van der Waals surface area contributed by atoms with Gasteiger partial charge in [0.25, 0.3) is 0 Å². The Hall–Kier alpha value is -0.570. The van der Waals surface area contributed by atoms with E-state index in [0.717, 1.165) is 51.6 Å². The average molecular weight is 295 g/mol. The number of carboxylic acid groups (broad SMARTS) is 1. The van der Waals surface area contributed by atoms with Crippen LogP contribution in [-0.4, -0.2) is 34.6 Å². The molecule has 3 heteroatoms. The summed E-state index contributed by atoms with van der Waals surface area (Å²) in [5.74, 6) is 0.0877. The summed E-state index contributed by atoms with van der Waals surface area (Å²) in [6.07, 6.45) is 9.84. The molecule has 1 N–H and O–H groups in total. The summed E-state index contributed by atoms with van der Waals surface area (Å²) < 4.78 is 0. The molecule has 122 valence electrons. The van der Waals surface area contributed by atoms with E-state index >= 15 is 0 Å². The SMILES string of the molecule is CC(C)(C)C1CCCC(C(=O)O)(N2CCCCCC2)CC1. The third kappa shape index (κ3) is 3.80. The molecule has 0 aromatic carbocycles. The molecule has 0 spiro atoms. The number of aliphatic carboxylic acids is 1. The Bertz CT molecular complexity index is 353. The number of likely N-dealkylation sites (tertiary alicyclic amines) is 1. The molecule has 2 aliphatic rings. The van der Waals surface area contributed by atoms with Gasteiger partial charge in [-0.1, -0.05) is 40.0 Å². The molecule has 2 rings (SSSR count). The van der Waals surface area contributed by atoms with Gasteiger partial charge in [-0.3, -0.25) is 9.69 Å². The summed E-state index contributed by atoms with van der Waals surface area (Å²) >= 11 is 0. The van der Waals surface area contributed by atoms with Crippen molar-refractivity contribution in [2.75, 3.05) is 13.1 Å². The first kappa shape index (κ1) is 16.8. The number of carbonyl (C=O) groups is 1. The molecular weight excluding hydrogens is 262 g/mol. The van der Waals surface area contributed by atoms with Gasteiger partial charge in [-0.15, -0.1) is 0 Å². The van der Waals surface area contributed by atoms with Crippen molar-refractivity contribution in [1.29, 1.82) is 0 Å². The van der Waals surface area contributed by atoms with Crippen LogP contribution in [0.5, 0.6) is 0 Å². The smallest absolute Gasteiger partial charge is 0.324 e. The maximum atomic E-state index is 12.2. The maximum absolute atomic E-state index is 12.2. The first-order valence-corrected chi connectivity index (χ1v) is 8.85. The van der Waals surface area contributed by atoms with E-state index in [4.69, 9.17) is 0 Å². The van der Waals surface area contributed by atoms with Crippen molar-refractivity contribution in [1.82, 2.24) is 4.90 Å². The van der Waals surface area contributed by atoms with Gasteiger partial charge in [-0.05, 0) is 62.9 Å². The van der Waals surface area contributed by atoms with Gasteiger partial charge in [0, 0.05) is 0 Å². The summed E-state index contributed by atoms with van der Waals surface area (Å²) in [4.78, 5) is 14.5. The van der Waals surface area contributed by atoms with Crippen LogP contribution in [0.2, 0.25) is 0 Å². The van der Waals surface area contributed by atoms with Crippen LogP contribution in [0.4, 0.5) is 0 Å². The van der Waals surface area contributed by atoms with Crippen molar-refractivity contribution in [3.05, 3.63) is 0 Å². The summed E-state index contributed by atoms with van der Waals surface area (Å²) in [7, 11) is 0. The number of hydrogen-bond acceptors (Lipinski definition) is 2. The zero-order valence-corrected chi connectivity index (χ0v) is 14.2. The predicted molar refractivity (Wildman–Crippen MR) is 86.4 cm³/mol. The van der Waals surface area contributed by atoms with Crippen molar-refractivity contribution in [3.8, 4) is 0 Å². The molecule has 0 radical (unpaired) electrons. The topological polar surface area (TPSA) is 40.5 Å². The average Bonchev–Trinajstić information content (AvgIpc) is 2.79. The van der Waals surface area contributed by atoms with E-state index in [2.05, 4.69) is 25.7 Å². The van der Waals surface area contributed by atoms with Crippen LogP contribution in [0.1, 0.15) is 78.6 Å². The van der Waals surface area contributed by atoms with E-state index in [0.29, 0.717) is 11.3 Å². The molecule has 3 nitrogen and oxygen atoms in total. The molecular formula is C18H33NO2. The molecule has 0 bridgehead atoms. The van der Waals surface area contributed by atoms with E-state index in [1.165, 1.54) is 19.3 Å². The standard InChI is InChI=1S/C18H33NO2/c1-17(2,3)15-9-8-11-18(12-10-15,16(20)21)19-13-6-4-5-7-14-19/h15H,4-14H2,1-3H3,(H,20,21). The first-order chi connectivity index (χ1) is 9.86. The monoisotopic (exact) mass is 295 g/mol. The lowest BCUT2D eigenvalue weighted by Crippen LogP contribution is -2.54. The lowest BCUT2D eigenvalue weighted by atomic mass is 9.76. The molecule has 2 unspecified atom stereocenters. The van der Waals surface area contributed by atoms with Crippen LogP contribution >= 0.6 is 0 Å². The van der Waals surface area contributed by atoms with Gasteiger partial charge >= 0.3 is 5.97 Å². The van der Waals surface area contributed by atoms with E-state index < -0.39 is 11.5 Å².